The van der Waals surface area contributed by atoms with Crippen LogP contribution in [0.3, 0.4) is 0 Å². The van der Waals surface area contributed by atoms with Gasteiger partial charge in [-0.3, -0.25) is 14.4 Å². The van der Waals surface area contributed by atoms with Gasteiger partial charge in [-0.1, -0.05) is 31.5 Å². The third-order valence-corrected chi connectivity index (χ3v) is 3.98. The number of rotatable bonds is 8. The maximum Gasteiger partial charge on any atom is 0.251 e. The van der Waals surface area contributed by atoms with Gasteiger partial charge in [-0.05, 0) is 37.1 Å². The van der Waals surface area contributed by atoms with E-state index in [-0.39, 0.29) is 30.8 Å². The Morgan fingerprint density at radius 1 is 1.07 bits per heavy atom. The standard InChI is InChI=1S/C20H25N3O4/c1-13(2)18(23-19(25)15-7-4-6-14(3)10-15)20(26)22-12-17(24)21-11-16-8-5-9-27-16/h4-10,13,18H,11-12H2,1-3H3,(H,21,24)(H,22,26)(H,23,25). The smallest absolute Gasteiger partial charge is 0.251 e. The van der Waals surface area contributed by atoms with Crippen molar-refractivity contribution in [1.29, 1.82) is 0 Å². The predicted octanol–water partition coefficient (Wildman–Crippen LogP) is 1.78. The molecule has 3 amide bonds. The SMILES string of the molecule is Cc1cccc(C(=O)NC(C(=O)NCC(=O)NCc2ccco2)C(C)C)c1. The lowest BCUT2D eigenvalue weighted by Gasteiger charge is -2.21. The molecule has 0 radical (unpaired) electrons. The van der Waals surface area contributed by atoms with Gasteiger partial charge in [0.15, 0.2) is 0 Å². The van der Waals surface area contributed by atoms with E-state index in [2.05, 4.69) is 16.0 Å². The Labute approximate surface area is 158 Å². The molecule has 3 N–H and O–H groups in total. The summed E-state index contributed by atoms with van der Waals surface area (Å²) in [6.07, 6.45) is 1.52. The Morgan fingerprint density at radius 2 is 1.85 bits per heavy atom. The minimum absolute atomic E-state index is 0.134. The molecule has 7 nitrogen and oxygen atoms in total. The normalized spacial score (nSPS) is 11.7. The lowest BCUT2D eigenvalue weighted by Crippen LogP contribution is -2.51. The Hall–Kier alpha value is -3.09. The molecule has 1 heterocycles. The molecule has 0 spiro atoms. The summed E-state index contributed by atoms with van der Waals surface area (Å²) in [6, 6.07) is 9.87. The summed E-state index contributed by atoms with van der Waals surface area (Å²) in [5.74, 6) is -0.577. The van der Waals surface area contributed by atoms with Gasteiger partial charge >= 0.3 is 0 Å². The molecule has 1 atom stereocenters. The maximum absolute atomic E-state index is 12.4. The van der Waals surface area contributed by atoms with E-state index in [1.54, 1.807) is 30.3 Å². The molecule has 0 fully saturated rings. The molecule has 2 aromatic rings. The van der Waals surface area contributed by atoms with Crippen LogP contribution in [0.25, 0.3) is 0 Å². The van der Waals surface area contributed by atoms with E-state index < -0.39 is 11.9 Å². The molecule has 1 unspecified atom stereocenters. The van der Waals surface area contributed by atoms with Crippen LogP contribution in [0.4, 0.5) is 0 Å². The van der Waals surface area contributed by atoms with Crippen molar-refractivity contribution in [3.8, 4) is 0 Å². The summed E-state index contributed by atoms with van der Waals surface area (Å²) < 4.78 is 5.12. The van der Waals surface area contributed by atoms with Crippen molar-refractivity contribution in [2.24, 2.45) is 5.92 Å². The first-order valence-electron chi connectivity index (χ1n) is 8.81. The second kappa shape index (κ2) is 9.56. The quantitative estimate of drug-likeness (QED) is 0.658. The van der Waals surface area contributed by atoms with Crippen LogP contribution in [0.15, 0.2) is 47.1 Å². The molecule has 27 heavy (non-hydrogen) atoms. The van der Waals surface area contributed by atoms with Crippen molar-refractivity contribution >= 4 is 17.7 Å². The number of carbonyl (C=O) groups excluding carboxylic acids is 3. The van der Waals surface area contributed by atoms with Crippen molar-refractivity contribution in [3.05, 3.63) is 59.5 Å². The molecule has 0 bridgehead atoms. The zero-order valence-electron chi connectivity index (χ0n) is 15.7. The number of hydrogen-bond donors (Lipinski definition) is 3. The van der Waals surface area contributed by atoms with Crippen LogP contribution in [-0.4, -0.2) is 30.3 Å². The summed E-state index contributed by atoms with van der Waals surface area (Å²) in [5.41, 5.74) is 1.45. The van der Waals surface area contributed by atoms with Crippen LogP contribution in [-0.2, 0) is 16.1 Å². The number of benzene rings is 1. The molecule has 1 aromatic carbocycles. The van der Waals surface area contributed by atoms with E-state index in [4.69, 9.17) is 4.42 Å². The fourth-order valence-corrected chi connectivity index (χ4v) is 2.48. The van der Waals surface area contributed by atoms with Crippen molar-refractivity contribution in [2.75, 3.05) is 6.54 Å². The Kier molecular flexibility index (Phi) is 7.16. The Bertz CT molecular complexity index is 784. The fraction of sp³-hybridized carbons (Fsp3) is 0.350. The summed E-state index contributed by atoms with van der Waals surface area (Å²) in [4.78, 5) is 36.7. The zero-order chi connectivity index (χ0) is 19.8. The topological polar surface area (TPSA) is 100 Å². The van der Waals surface area contributed by atoms with Crippen LogP contribution in [0.1, 0.15) is 35.5 Å². The van der Waals surface area contributed by atoms with Crippen molar-refractivity contribution < 1.29 is 18.8 Å². The van der Waals surface area contributed by atoms with Gasteiger partial charge < -0.3 is 20.4 Å². The summed E-state index contributed by atoms with van der Waals surface area (Å²) in [7, 11) is 0. The molecule has 144 valence electrons. The number of furan rings is 1. The molecule has 2 rings (SSSR count). The van der Waals surface area contributed by atoms with Gasteiger partial charge in [-0.2, -0.15) is 0 Å². The zero-order valence-corrected chi connectivity index (χ0v) is 15.7. The number of aryl methyl sites for hydroxylation is 1. The molecular weight excluding hydrogens is 346 g/mol. The van der Waals surface area contributed by atoms with E-state index in [1.807, 2.05) is 26.8 Å². The van der Waals surface area contributed by atoms with Crippen LogP contribution >= 0.6 is 0 Å². The monoisotopic (exact) mass is 371 g/mol. The van der Waals surface area contributed by atoms with E-state index in [1.165, 1.54) is 6.26 Å². The summed E-state index contributed by atoms with van der Waals surface area (Å²) >= 11 is 0. The maximum atomic E-state index is 12.4. The highest BCUT2D eigenvalue weighted by molar-refractivity contribution is 5.98. The number of carbonyl (C=O) groups is 3. The summed E-state index contributed by atoms with van der Waals surface area (Å²) in [6.45, 7) is 5.63. The van der Waals surface area contributed by atoms with E-state index in [0.29, 0.717) is 11.3 Å². The first-order chi connectivity index (χ1) is 12.9. The lowest BCUT2D eigenvalue weighted by atomic mass is 10.0. The van der Waals surface area contributed by atoms with Gasteiger partial charge in [0.25, 0.3) is 5.91 Å². The fourth-order valence-electron chi connectivity index (χ4n) is 2.48. The third kappa shape index (κ3) is 6.29. The largest absolute Gasteiger partial charge is 0.467 e. The van der Waals surface area contributed by atoms with Crippen molar-refractivity contribution in [2.45, 2.75) is 33.4 Å². The Morgan fingerprint density at radius 3 is 2.48 bits per heavy atom. The molecule has 0 saturated heterocycles. The van der Waals surface area contributed by atoms with Gasteiger partial charge in [0.2, 0.25) is 11.8 Å². The number of nitrogens with one attached hydrogen (secondary N) is 3. The summed E-state index contributed by atoms with van der Waals surface area (Å²) in [5, 5.41) is 7.95. The van der Waals surface area contributed by atoms with E-state index in [9.17, 15) is 14.4 Å². The van der Waals surface area contributed by atoms with Gasteiger partial charge in [0.05, 0.1) is 19.4 Å². The van der Waals surface area contributed by atoms with Gasteiger partial charge in [-0.25, -0.2) is 0 Å². The van der Waals surface area contributed by atoms with Gasteiger partial charge in [0, 0.05) is 5.56 Å². The molecule has 0 saturated carbocycles. The minimum atomic E-state index is -0.740. The molecule has 7 heteroatoms. The number of hydrogen-bond acceptors (Lipinski definition) is 4. The van der Waals surface area contributed by atoms with Crippen LogP contribution in [0, 0.1) is 12.8 Å². The van der Waals surface area contributed by atoms with Crippen LogP contribution < -0.4 is 16.0 Å². The predicted molar refractivity (Wildman–Crippen MR) is 101 cm³/mol. The average molecular weight is 371 g/mol. The highest BCUT2D eigenvalue weighted by Crippen LogP contribution is 2.07. The molecule has 0 aliphatic heterocycles. The highest BCUT2D eigenvalue weighted by atomic mass is 16.3. The van der Waals surface area contributed by atoms with Crippen LogP contribution in [0.5, 0.6) is 0 Å². The van der Waals surface area contributed by atoms with Crippen molar-refractivity contribution in [3.63, 3.8) is 0 Å². The van der Waals surface area contributed by atoms with Crippen LogP contribution in [0.2, 0.25) is 0 Å². The van der Waals surface area contributed by atoms with Gasteiger partial charge in [-0.15, -0.1) is 0 Å². The number of amides is 3. The first-order valence-corrected chi connectivity index (χ1v) is 8.81. The molecule has 1 aromatic heterocycles. The second-order valence-corrected chi connectivity index (χ2v) is 6.64. The molecular formula is C20H25N3O4. The second-order valence-electron chi connectivity index (χ2n) is 6.64. The van der Waals surface area contributed by atoms with E-state index in [0.717, 1.165) is 5.56 Å². The minimum Gasteiger partial charge on any atom is -0.467 e. The van der Waals surface area contributed by atoms with Crippen molar-refractivity contribution in [1.82, 2.24) is 16.0 Å². The van der Waals surface area contributed by atoms with Gasteiger partial charge in [0.1, 0.15) is 11.8 Å². The van der Waals surface area contributed by atoms with E-state index >= 15 is 0 Å². The first kappa shape index (κ1) is 20.2. The molecule has 0 aliphatic carbocycles. The highest BCUT2D eigenvalue weighted by Gasteiger charge is 2.25. The third-order valence-electron chi connectivity index (χ3n) is 3.98. The molecule has 0 aliphatic rings. The average Bonchev–Trinajstić information content (AvgIpc) is 3.15. The lowest BCUT2D eigenvalue weighted by molar-refractivity contribution is -0.127. The Balaban J connectivity index is 1.86.